The lowest BCUT2D eigenvalue weighted by atomic mass is 10.0. The lowest BCUT2D eigenvalue weighted by Gasteiger charge is -2.05. The number of rotatable bonds is 3. The van der Waals surface area contributed by atoms with Crippen molar-refractivity contribution < 1.29 is 9.15 Å². The highest BCUT2D eigenvalue weighted by Crippen LogP contribution is 2.28. The second-order valence-electron chi connectivity index (χ2n) is 3.83. The van der Waals surface area contributed by atoms with Crippen LogP contribution in [0.5, 0.6) is 6.08 Å². The van der Waals surface area contributed by atoms with Gasteiger partial charge in [-0.15, -0.1) is 5.10 Å². The average Bonchev–Trinajstić information content (AvgIpc) is 2.72. The first-order chi connectivity index (χ1) is 8.11. The molecule has 0 aliphatic carbocycles. The van der Waals surface area contributed by atoms with E-state index in [0.29, 0.717) is 18.2 Å². The molecule has 1 aromatic heterocycles. The summed E-state index contributed by atoms with van der Waals surface area (Å²) in [5.74, 6) is 0.428. The van der Waals surface area contributed by atoms with Crippen molar-refractivity contribution in [2.24, 2.45) is 0 Å². The van der Waals surface area contributed by atoms with E-state index in [0.717, 1.165) is 16.7 Å². The van der Waals surface area contributed by atoms with E-state index in [1.165, 1.54) is 0 Å². The van der Waals surface area contributed by atoms with Crippen LogP contribution in [0.25, 0.3) is 11.5 Å². The van der Waals surface area contributed by atoms with Gasteiger partial charge in [0.05, 0.1) is 6.61 Å². The summed E-state index contributed by atoms with van der Waals surface area (Å²) in [6, 6.07) is 3.84. The number of ether oxygens (including phenoxy) is 1. The maximum atomic E-state index is 5.87. The van der Waals surface area contributed by atoms with E-state index in [-0.39, 0.29) is 6.08 Å². The first-order valence-corrected chi connectivity index (χ1v) is 5.45. The molecule has 17 heavy (non-hydrogen) atoms. The molecule has 0 aliphatic rings. The van der Waals surface area contributed by atoms with Crippen LogP contribution in [-0.2, 0) is 0 Å². The zero-order chi connectivity index (χ0) is 12.4. The number of nitrogens with zero attached hydrogens (tertiary/aromatic N) is 2. The normalized spacial score (nSPS) is 10.5. The van der Waals surface area contributed by atoms with Gasteiger partial charge in [-0.25, -0.2) is 0 Å². The number of hydrogen-bond donors (Lipinski definition) is 1. The van der Waals surface area contributed by atoms with Gasteiger partial charge >= 0.3 is 6.08 Å². The van der Waals surface area contributed by atoms with Crippen LogP contribution >= 0.6 is 0 Å². The molecule has 2 rings (SSSR count). The minimum absolute atomic E-state index is 0.182. The maximum absolute atomic E-state index is 5.87. The molecule has 5 heteroatoms. The second-order valence-corrected chi connectivity index (χ2v) is 3.83. The van der Waals surface area contributed by atoms with Gasteiger partial charge in [0.25, 0.3) is 5.89 Å². The number of anilines is 1. The fourth-order valence-electron chi connectivity index (χ4n) is 1.60. The van der Waals surface area contributed by atoms with Crippen LogP contribution in [-0.4, -0.2) is 16.8 Å². The molecule has 0 atom stereocenters. The zero-order valence-corrected chi connectivity index (χ0v) is 10.2. The highest BCUT2D eigenvalue weighted by molar-refractivity contribution is 5.66. The Hall–Kier alpha value is -2.04. The molecule has 0 amide bonds. The van der Waals surface area contributed by atoms with Crippen molar-refractivity contribution in [2.45, 2.75) is 20.8 Å². The lowest BCUT2D eigenvalue weighted by Crippen LogP contribution is -1.93. The molecule has 0 bridgehead atoms. The molecule has 1 heterocycles. The summed E-state index contributed by atoms with van der Waals surface area (Å²) >= 11 is 0. The van der Waals surface area contributed by atoms with Crippen molar-refractivity contribution in [3.63, 3.8) is 0 Å². The third-order valence-electron chi connectivity index (χ3n) is 2.52. The Morgan fingerprint density at radius 3 is 2.71 bits per heavy atom. The molecule has 0 aliphatic heterocycles. The highest BCUT2D eigenvalue weighted by Gasteiger charge is 2.12. The largest absolute Gasteiger partial charge is 0.449 e. The van der Waals surface area contributed by atoms with E-state index >= 15 is 0 Å². The quantitative estimate of drug-likeness (QED) is 0.823. The van der Waals surface area contributed by atoms with Crippen LogP contribution in [0.1, 0.15) is 18.1 Å². The topological polar surface area (TPSA) is 74.2 Å². The van der Waals surface area contributed by atoms with Gasteiger partial charge in [0.2, 0.25) is 0 Å². The van der Waals surface area contributed by atoms with Crippen LogP contribution in [0.3, 0.4) is 0 Å². The molecule has 2 aromatic rings. The summed E-state index contributed by atoms with van der Waals surface area (Å²) in [7, 11) is 0. The van der Waals surface area contributed by atoms with E-state index < -0.39 is 0 Å². The summed E-state index contributed by atoms with van der Waals surface area (Å²) in [6.45, 7) is 6.30. The van der Waals surface area contributed by atoms with Gasteiger partial charge in [0.15, 0.2) is 0 Å². The van der Waals surface area contributed by atoms with Crippen molar-refractivity contribution in [2.75, 3.05) is 12.3 Å². The third-order valence-corrected chi connectivity index (χ3v) is 2.52. The van der Waals surface area contributed by atoms with E-state index in [2.05, 4.69) is 10.2 Å². The molecule has 0 unspecified atom stereocenters. The van der Waals surface area contributed by atoms with Crippen molar-refractivity contribution in [1.29, 1.82) is 0 Å². The van der Waals surface area contributed by atoms with Crippen LogP contribution in [0, 0.1) is 13.8 Å². The van der Waals surface area contributed by atoms with E-state index in [9.17, 15) is 0 Å². The SMILES string of the molecule is CCOc1nnc(-c2cc(N)c(C)cc2C)o1. The molecule has 5 nitrogen and oxygen atoms in total. The van der Waals surface area contributed by atoms with Crippen LogP contribution in [0.4, 0.5) is 5.69 Å². The zero-order valence-electron chi connectivity index (χ0n) is 10.2. The molecular formula is C12H15N3O2. The Kier molecular flexibility index (Phi) is 2.99. The predicted octanol–water partition coefficient (Wildman–Crippen LogP) is 2.33. The maximum Gasteiger partial charge on any atom is 0.414 e. The molecule has 0 saturated carbocycles. The molecular weight excluding hydrogens is 218 g/mol. The number of hydrogen-bond acceptors (Lipinski definition) is 5. The summed E-state index contributed by atoms with van der Waals surface area (Å²) in [6.07, 6.45) is 0.182. The highest BCUT2D eigenvalue weighted by atomic mass is 16.6. The van der Waals surface area contributed by atoms with Gasteiger partial charge in [0, 0.05) is 11.3 Å². The first-order valence-electron chi connectivity index (χ1n) is 5.45. The Bertz CT molecular complexity index is 535. The van der Waals surface area contributed by atoms with E-state index in [1.54, 1.807) is 0 Å². The van der Waals surface area contributed by atoms with E-state index in [1.807, 2.05) is 32.9 Å². The molecule has 1 aromatic carbocycles. The van der Waals surface area contributed by atoms with Crippen molar-refractivity contribution in [1.82, 2.24) is 10.2 Å². The smallest absolute Gasteiger partial charge is 0.414 e. The molecule has 2 N–H and O–H groups in total. The number of nitrogens with two attached hydrogens (primary N) is 1. The predicted molar refractivity (Wildman–Crippen MR) is 64.8 cm³/mol. The van der Waals surface area contributed by atoms with Crippen molar-refractivity contribution in [3.8, 4) is 17.5 Å². The lowest BCUT2D eigenvalue weighted by molar-refractivity contribution is 0.247. The molecule has 0 spiro atoms. The minimum Gasteiger partial charge on any atom is -0.449 e. The Balaban J connectivity index is 2.41. The monoisotopic (exact) mass is 233 g/mol. The summed E-state index contributed by atoms with van der Waals surface area (Å²) < 4.78 is 10.5. The van der Waals surface area contributed by atoms with Crippen LogP contribution in [0.2, 0.25) is 0 Å². The average molecular weight is 233 g/mol. The molecule has 90 valence electrons. The molecule has 0 fully saturated rings. The Morgan fingerprint density at radius 2 is 2.00 bits per heavy atom. The number of aryl methyl sites for hydroxylation is 2. The van der Waals surface area contributed by atoms with Crippen molar-refractivity contribution in [3.05, 3.63) is 23.3 Å². The first kappa shape index (κ1) is 11.4. The standard InChI is InChI=1S/C12H15N3O2/c1-4-16-12-15-14-11(17-12)9-6-10(13)8(3)5-7(9)2/h5-6H,4,13H2,1-3H3. The fraction of sp³-hybridized carbons (Fsp3) is 0.333. The van der Waals surface area contributed by atoms with Gasteiger partial charge in [-0.2, -0.15) is 0 Å². The minimum atomic E-state index is 0.182. The third kappa shape index (κ3) is 2.22. The van der Waals surface area contributed by atoms with Crippen LogP contribution in [0.15, 0.2) is 16.5 Å². The Labute approximate surface area is 99.6 Å². The molecule has 0 radical (unpaired) electrons. The van der Waals surface area contributed by atoms with Gasteiger partial charge in [-0.05, 0) is 38.0 Å². The van der Waals surface area contributed by atoms with Crippen molar-refractivity contribution >= 4 is 5.69 Å². The number of benzene rings is 1. The fourth-order valence-corrected chi connectivity index (χ4v) is 1.60. The number of aromatic nitrogens is 2. The second kappa shape index (κ2) is 4.45. The summed E-state index contributed by atoms with van der Waals surface area (Å²) in [4.78, 5) is 0. The number of nitrogen functional groups attached to an aromatic ring is 1. The Morgan fingerprint density at radius 1 is 1.24 bits per heavy atom. The van der Waals surface area contributed by atoms with Gasteiger partial charge in [-0.1, -0.05) is 11.2 Å². The summed E-state index contributed by atoms with van der Waals surface area (Å²) in [5.41, 5.74) is 9.50. The van der Waals surface area contributed by atoms with Gasteiger partial charge in [0.1, 0.15) is 0 Å². The molecule has 0 saturated heterocycles. The van der Waals surface area contributed by atoms with E-state index in [4.69, 9.17) is 14.9 Å². The van der Waals surface area contributed by atoms with Gasteiger partial charge < -0.3 is 14.9 Å². The summed E-state index contributed by atoms with van der Waals surface area (Å²) in [5, 5.41) is 7.74. The van der Waals surface area contributed by atoms with Gasteiger partial charge in [-0.3, -0.25) is 0 Å². The van der Waals surface area contributed by atoms with Crippen LogP contribution < -0.4 is 10.5 Å².